The molecule has 0 aromatic heterocycles. The Bertz CT molecular complexity index is 1840. The Morgan fingerprint density at radius 1 is 0.790 bits per heavy atom. The third-order valence-electron chi connectivity index (χ3n) is 12.0. The van der Waals surface area contributed by atoms with Gasteiger partial charge in [-0.1, -0.05) is 36.4 Å². The van der Waals surface area contributed by atoms with Crippen molar-refractivity contribution < 1.29 is 56.4 Å². The number of piperidine rings is 1. The van der Waals surface area contributed by atoms with Gasteiger partial charge in [-0.25, -0.2) is 0 Å². The van der Waals surface area contributed by atoms with Gasteiger partial charge >= 0.3 is 209 Å². The molecule has 2 aliphatic rings. The first-order valence-electron chi connectivity index (χ1n) is 21.2. The molecule has 1 amide bonds. The van der Waals surface area contributed by atoms with Crippen LogP contribution in [0.4, 0.5) is 4.79 Å². The number of methoxy groups -OCH3 is 3. The average molecular weight is 881 g/mol. The molecule has 15 nitrogen and oxygen atoms in total. The second kappa shape index (κ2) is 21.2. The van der Waals surface area contributed by atoms with Crippen molar-refractivity contribution in [1.82, 2.24) is 9.99 Å². The van der Waals surface area contributed by atoms with E-state index in [1.165, 1.54) is 6.92 Å². The van der Waals surface area contributed by atoms with Crippen LogP contribution in [0, 0.1) is 11.3 Å². The molecule has 3 aromatic carbocycles. The van der Waals surface area contributed by atoms with Gasteiger partial charge in [0.05, 0.1) is 21.3 Å². The van der Waals surface area contributed by atoms with Crippen LogP contribution in [-0.4, -0.2) is 119 Å². The molecule has 5 atom stereocenters. The number of nitriles is 1. The molecule has 2 aliphatic heterocycles. The number of ether oxygens (including phenoxy) is 6. The second-order valence-electron chi connectivity index (χ2n) is 16.8. The van der Waals surface area contributed by atoms with Crippen LogP contribution in [0.5, 0.6) is 17.2 Å². The fraction of sp³-hybridized carbons (Fsp3) is 0.543. The summed E-state index contributed by atoms with van der Waals surface area (Å²) in [6, 6.07) is 24.4. The topological polar surface area (TPSA) is 170 Å². The first-order chi connectivity index (χ1) is 29.5. The zero-order chi connectivity index (χ0) is 45.2. The number of esters is 1. The van der Waals surface area contributed by atoms with Gasteiger partial charge in [-0.2, -0.15) is 0 Å². The van der Waals surface area contributed by atoms with Crippen molar-refractivity contribution in [3.63, 3.8) is 0 Å². The fourth-order valence-corrected chi connectivity index (χ4v) is 11.6. The van der Waals surface area contributed by atoms with Crippen molar-refractivity contribution in [1.29, 1.82) is 5.26 Å². The van der Waals surface area contributed by atoms with E-state index in [0.717, 1.165) is 16.7 Å². The number of hydrogen-bond acceptors (Lipinski definition) is 13. The average Bonchev–Trinajstić information content (AvgIpc) is 3.31. The third kappa shape index (κ3) is 10.8. The van der Waals surface area contributed by atoms with Crippen molar-refractivity contribution in [2.24, 2.45) is 0 Å². The summed E-state index contributed by atoms with van der Waals surface area (Å²) in [6.45, 7) is 9.28. The number of nitrogens with zero attached hydrogens (tertiary/aromatic N) is 3. The molecular weight excluding hydrogens is 815 g/mol. The molecule has 3 aromatic rings. The Hall–Kier alpha value is -4.52. The van der Waals surface area contributed by atoms with Gasteiger partial charge in [-0.3, -0.25) is 4.79 Å². The number of rotatable bonds is 21. The second-order valence-corrected chi connectivity index (χ2v) is 18.9. The molecule has 2 fully saturated rings. The number of quaternary nitrogens is 1. The summed E-state index contributed by atoms with van der Waals surface area (Å²) in [5, 5.41) is 11.8. The number of carbonyl (C=O) groups is 2. The van der Waals surface area contributed by atoms with Gasteiger partial charge in [-0.15, -0.1) is 0 Å². The zero-order valence-corrected chi connectivity index (χ0v) is 38.8. The standard InChI is InChI=1S/C46H65N4O11P/c1-31(2)49(32(3)4)62(53,57-27-11-25-47)58-28-12-26-48-45(52)60-40-29-41-43(59-33(5)51)44(42(30-40)50(41,6)7)61-46(34-13-19-37(54-8)20-14-34,35-15-21-38(55-9)22-16-35)36-17-23-39(56-10)24-18-36/h13-24,31-32,40-44,62H,11-12,26-30H2,1-10H3,(H,48,52)/t40?,41-,42+,43-,44+/m0/s1. The van der Waals surface area contributed by atoms with Gasteiger partial charge in [0.25, 0.3) is 0 Å². The van der Waals surface area contributed by atoms with Crippen molar-refractivity contribution in [2.75, 3.05) is 55.2 Å². The van der Waals surface area contributed by atoms with E-state index >= 15 is 0 Å². The van der Waals surface area contributed by atoms with E-state index in [1.807, 2.05) is 107 Å². The van der Waals surface area contributed by atoms with Crippen LogP contribution in [0.1, 0.15) is 77.0 Å². The van der Waals surface area contributed by atoms with Crippen molar-refractivity contribution in [3.05, 3.63) is 89.5 Å². The number of hydrogen-bond donors (Lipinski definition) is 1. The van der Waals surface area contributed by atoms with E-state index in [9.17, 15) is 14.5 Å². The van der Waals surface area contributed by atoms with Crippen LogP contribution < -0.4 is 24.4 Å². The Morgan fingerprint density at radius 3 is 1.66 bits per heavy atom. The van der Waals surface area contributed by atoms with Gasteiger partial charge in [0.15, 0.2) is 0 Å². The first-order valence-corrected chi connectivity index (χ1v) is 22.9. The van der Waals surface area contributed by atoms with E-state index in [0.29, 0.717) is 41.0 Å². The molecule has 1 N–H and O–H groups in total. The summed E-state index contributed by atoms with van der Waals surface area (Å²) in [5.74, 6) is 1.59. The molecule has 0 saturated carbocycles. The van der Waals surface area contributed by atoms with Gasteiger partial charge in [0.2, 0.25) is 0 Å². The summed E-state index contributed by atoms with van der Waals surface area (Å²) < 4.78 is 50.4. The van der Waals surface area contributed by atoms with E-state index in [-0.39, 0.29) is 50.3 Å². The quantitative estimate of drug-likeness (QED) is 0.0419. The molecule has 0 spiro atoms. The van der Waals surface area contributed by atoms with E-state index in [1.54, 1.807) is 26.0 Å². The minimum atomic E-state index is -4.08. The Morgan fingerprint density at radius 2 is 1.24 bits per heavy atom. The minimum absolute atomic E-state index is 0.0126. The van der Waals surface area contributed by atoms with Crippen LogP contribution >= 0.6 is 8.09 Å². The Balaban J connectivity index is 1.41. The van der Waals surface area contributed by atoms with Crippen molar-refractivity contribution >= 4 is 20.2 Å². The Labute approximate surface area is 367 Å². The van der Waals surface area contributed by atoms with Crippen LogP contribution in [0.2, 0.25) is 0 Å². The summed E-state index contributed by atoms with van der Waals surface area (Å²) in [5.41, 5.74) is 1.19. The molecule has 5 rings (SSSR count). The molecule has 2 bridgehead atoms. The maximum absolute atomic E-state index is 13.9. The first kappa shape index (κ1) is 48.5. The fourth-order valence-electron chi connectivity index (χ4n) is 9.15. The zero-order valence-electron chi connectivity index (χ0n) is 37.8. The van der Waals surface area contributed by atoms with Gasteiger partial charge in [0, 0.05) is 6.92 Å². The number of carbonyl (C=O) groups excluding carboxylic acids is 2. The summed E-state index contributed by atoms with van der Waals surface area (Å²) in [4.78, 5) is 40.2. The molecule has 1 unspecified atom stereocenters. The number of fused-ring (bicyclic) bond motifs is 2. The predicted octanol–water partition coefficient (Wildman–Crippen LogP) is 6.26. The Kier molecular flexibility index (Phi) is 16.6. The third-order valence-corrected chi connectivity index (χ3v) is 14.8. The normalized spacial score (nSPS) is 21.0. The van der Waals surface area contributed by atoms with E-state index in [4.69, 9.17) is 42.7 Å². The smallest absolute Gasteiger partial charge is 0.497 e. The number of likely N-dealkylation sites (N-methyl/N-ethyl adjacent to an activating group) is 1. The maximum atomic E-state index is 13.9. The summed E-state index contributed by atoms with van der Waals surface area (Å²) >= 11 is 0. The predicted molar refractivity (Wildman–Crippen MR) is 234 cm³/mol. The van der Waals surface area contributed by atoms with Crippen molar-refractivity contribution in [3.8, 4) is 23.3 Å². The van der Waals surface area contributed by atoms with Gasteiger partial charge in [-0.05, 0) is 53.1 Å². The van der Waals surface area contributed by atoms with Crippen LogP contribution in [0.25, 0.3) is 0 Å². The molecule has 2 saturated heterocycles. The van der Waals surface area contributed by atoms with Gasteiger partial charge < -0.3 is 14.2 Å². The number of nitrogens with one attached hydrogen (secondary N) is 1. The molecule has 62 heavy (non-hydrogen) atoms. The molecule has 16 heteroatoms. The number of amides is 1. The van der Waals surface area contributed by atoms with Crippen LogP contribution in [0.15, 0.2) is 72.8 Å². The molecule has 2 heterocycles. The van der Waals surface area contributed by atoms with E-state index in [2.05, 4.69) is 19.4 Å². The molecule has 0 aliphatic carbocycles. The summed E-state index contributed by atoms with van der Waals surface area (Å²) in [6.07, 6.45) is -1.21. The van der Waals surface area contributed by atoms with E-state index < -0.39 is 44.1 Å². The summed E-state index contributed by atoms with van der Waals surface area (Å²) in [7, 11) is 4.98. The molecular formula is C46H65N4O11P. The SMILES string of the molecule is COc1ccc(C(O[C@H]2[C@@H](OC(C)=O)[C@@H]3CC(OC(=O)NCCCO[PH]([O-])(OCCC#N)N(C(C)C)C(C)C)C[C@H]2[N+]3(C)C)(c2ccc(OC)cc2)c2ccc(OC)cc2)cc1. The monoisotopic (exact) mass is 880 g/mol. The van der Waals surface area contributed by atoms with Gasteiger partial charge in [0.1, 0.15) is 22.8 Å². The molecule has 340 valence electrons. The minimum Gasteiger partial charge on any atom is -0.497 e. The van der Waals surface area contributed by atoms with Crippen LogP contribution in [-0.2, 0) is 33.7 Å². The van der Waals surface area contributed by atoms with Crippen molar-refractivity contribution in [2.45, 2.75) is 108 Å². The molecule has 0 radical (unpaired) electrons. The van der Waals surface area contributed by atoms with Crippen LogP contribution in [0.3, 0.4) is 0 Å². The number of alkyl carbamates (subject to hydrolysis) is 1. The number of benzene rings is 3.